The van der Waals surface area contributed by atoms with Crippen LogP contribution in [0, 0.1) is 0 Å². The first-order valence-electron chi connectivity index (χ1n) is 4.88. The molecule has 0 radical (unpaired) electrons. The van der Waals surface area contributed by atoms with Gasteiger partial charge in [-0.25, -0.2) is 0 Å². The number of hydrogen-bond donors (Lipinski definition) is 2. The Kier molecular flexibility index (Phi) is 4.25. The van der Waals surface area contributed by atoms with Gasteiger partial charge in [-0.15, -0.1) is 0 Å². The highest BCUT2D eigenvalue weighted by Gasteiger charge is 2.30. The fraction of sp³-hybridized carbons (Fsp3) is 0.778. The summed E-state index contributed by atoms with van der Waals surface area (Å²) in [5.74, 6) is 0.529. The van der Waals surface area contributed by atoms with Crippen LogP contribution in [0.15, 0.2) is 0 Å². The summed E-state index contributed by atoms with van der Waals surface area (Å²) in [7, 11) is 0. The van der Waals surface area contributed by atoms with Gasteiger partial charge < -0.3 is 10.2 Å². The minimum Gasteiger partial charge on any atom is -0.353 e. The molecule has 1 atom stereocenters. The number of thiol groups is 1. The Morgan fingerprint density at radius 1 is 1.71 bits per heavy atom. The van der Waals surface area contributed by atoms with E-state index in [0.29, 0.717) is 31.7 Å². The van der Waals surface area contributed by atoms with E-state index in [-0.39, 0.29) is 17.9 Å². The quantitative estimate of drug-likeness (QED) is 0.655. The van der Waals surface area contributed by atoms with E-state index in [1.54, 1.807) is 4.90 Å². The van der Waals surface area contributed by atoms with Crippen LogP contribution >= 0.6 is 12.6 Å². The van der Waals surface area contributed by atoms with Gasteiger partial charge in [0.1, 0.15) is 6.04 Å². The van der Waals surface area contributed by atoms with Crippen LogP contribution < -0.4 is 5.32 Å². The van der Waals surface area contributed by atoms with Gasteiger partial charge in [-0.05, 0) is 12.2 Å². The number of nitrogens with one attached hydrogen (secondary N) is 1. The maximum Gasteiger partial charge on any atom is 0.242 e. The first-order valence-corrected chi connectivity index (χ1v) is 5.52. The molecule has 0 bridgehead atoms. The highest BCUT2D eigenvalue weighted by molar-refractivity contribution is 7.80. The third-order valence-electron chi connectivity index (χ3n) is 2.36. The van der Waals surface area contributed by atoms with Crippen molar-refractivity contribution in [3.05, 3.63) is 0 Å². The third kappa shape index (κ3) is 2.41. The molecule has 0 aromatic carbocycles. The molecule has 1 rings (SSSR count). The monoisotopic (exact) mass is 216 g/mol. The van der Waals surface area contributed by atoms with Crippen molar-refractivity contribution in [2.45, 2.75) is 25.8 Å². The van der Waals surface area contributed by atoms with Crippen molar-refractivity contribution in [1.29, 1.82) is 0 Å². The van der Waals surface area contributed by atoms with Gasteiger partial charge in [0.05, 0.1) is 0 Å². The van der Waals surface area contributed by atoms with Gasteiger partial charge in [0.15, 0.2) is 0 Å². The average Bonchev–Trinajstić information content (AvgIpc) is 2.17. The van der Waals surface area contributed by atoms with Crippen LogP contribution in [0.4, 0.5) is 0 Å². The predicted molar refractivity (Wildman–Crippen MR) is 57.3 cm³/mol. The van der Waals surface area contributed by atoms with Crippen molar-refractivity contribution < 1.29 is 9.59 Å². The first-order chi connectivity index (χ1) is 6.70. The molecular formula is C9H16N2O2S. The fourth-order valence-corrected chi connectivity index (χ4v) is 1.85. The number of rotatable bonds is 3. The van der Waals surface area contributed by atoms with E-state index >= 15 is 0 Å². The Morgan fingerprint density at radius 2 is 2.43 bits per heavy atom. The second-order valence-corrected chi connectivity index (χ2v) is 3.72. The SMILES string of the molecule is CCC1C(=O)NCCN1C(=O)CCS. The Labute approximate surface area is 89.4 Å². The normalized spacial score (nSPS) is 22.0. The lowest BCUT2D eigenvalue weighted by Gasteiger charge is -2.34. The summed E-state index contributed by atoms with van der Waals surface area (Å²) in [5.41, 5.74) is 0. The molecule has 1 unspecified atom stereocenters. The maximum atomic E-state index is 11.6. The number of hydrogen-bond acceptors (Lipinski definition) is 3. The summed E-state index contributed by atoms with van der Waals surface area (Å²) in [6.45, 7) is 3.10. The van der Waals surface area contributed by atoms with Gasteiger partial charge >= 0.3 is 0 Å². The first kappa shape index (κ1) is 11.4. The Hall–Kier alpha value is -0.710. The van der Waals surface area contributed by atoms with Crippen molar-refractivity contribution >= 4 is 24.4 Å². The standard InChI is InChI=1S/C9H16N2O2S/c1-2-7-9(13)10-4-5-11(7)8(12)3-6-14/h7,14H,2-6H2,1H3,(H,10,13). The maximum absolute atomic E-state index is 11.6. The molecule has 1 aliphatic rings. The summed E-state index contributed by atoms with van der Waals surface area (Å²) in [6.07, 6.45) is 1.08. The van der Waals surface area contributed by atoms with E-state index in [1.165, 1.54) is 0 Å². The molecule has 80 valence electrons. The van der Waals surface area contributed by atoms with Crippen LogP contribution in [-0.2, 0) is 9.59 Å². The molecule has 2 amide bonds. The minimum atomic E-state index is -0.281. The third-order valence-corrected chi connectivity index (χ3v) is 2.59. The van der Waals surface area contributed by atoms with Crippen molar-refractivity contribution in [2.24, 2.45) is 0 Å². The van der Waals surface area contributed by atoms with Crippen molar-refractivity contribution in [3.8, 4) is 0 Å². The zero-order valence-corrected chi connectivity index (χ0v) is 9.22. The molecule has 14 heavy (non-hydrogen) atoms. The van der Waals surface area contributed by atoms with Crippen molar-refractivity contribution in [1.82, 2.24) is 10.2 Å². The Balaban J connectivity index is 2.64. The number of piperazine rings is 1. The number of nitrogens with zero attached hydrogens (tertiary/aromatic N) is 1. The van der Waals surface area contributed by atoms with Gasteiger partial charge in [0.2, 0.25) is 11.8 Å². The van der Waals surface area contributed by atoms with Gasteiger partial charge in [0.25, 0.3) is 0 Å². The molecule has 1 heterocycles. The summed E-state index contributed by atoms with van der Waals surface area (Å²) in [4.78, 5) is 24.7. The molecule has 5 heteroatoms. The molecule has 1 N–H and O–H groups in total. The van der Waals surface area contributed by atoms with Crippen LogP contribution in [0.5, 0.6) is 0 Å². The summed E-state index contributed by atoms with van der Waals surface area (Å²) in [6, 6.07) is -0.281. The van der Waals surface area contributed by atoms with E-state index < -0.39 is 0 Å². The van der Waals surface area contributed by atoms with E-state index in [4.69, 9.17) is 0 Å². The Morgan fingerprint density at radius 3 is 3.00 bits per heavy atom. The van der Waals surface area contributed by atoms with Crippen LogP contribution in [0.3, 0.4) is 0 Å². The molecular weight excluding hydrogens is 200 g/mol. The molecule has 0 aliphatic carbocycles. The zero-order valence-electron chi connectivity index (χ0n) is 8.32. The average molecular weight is 216 g/mol. The van der Waals surface area contributed by atoms with E-state index in [2.05, 4.69) is 17.9 Å². The summed E-state index contributed by atoms with van der Waals surface area (Å²) >= 11 is 4.01. The van der Waals surface area contributed by atoms with Crippen LogP contribution in [0.1, 0.15) is 19.8 Å². The fourth-order valence-electron chi connectivity index (χ4n) is 1.66. The van der Waals surface area contributed by atoms with Gasteiger partial charge in [-0.3, -0.25) is 9.59 Å². The minimum absolute atomic E-state index is 0.0294. The molecule has 1 saturated heterocycles. The molecule has 4 nitrogen and oxygen atoms in total. The molecule has 0 spiro atoms. The lowest BCUT2D eigenvalue weighted by atomic mass is 10.1. The molecule has 1 fully saturated rings. The second-order valence-electron chi connectivity index (χ2n) is 3.28. The summed E-state index contributed by atoms with van der Waals surface area (Å²) < 4.78 is 0. The van der Waals surface area contributed by atoms with E-state index in [0.717, 1.165) is 0 Å². The molecule has 0 saturated carbocycles. The zero-order chi connectivity index (χ0) is 10.6. The number of carbonyl (C=O) groups excluding carboxylic acids is 2. The van der Waals surface area contributed by atoms with Crippen LogP contribution in [-0.4, -0.2) is 41.6 Å². The van der Waals surface area contributed by atoms with Crippen molar-refractivity contribution in [3.63, 3.8) is 0 Å². The number of carbonyl (C=O) groups is 2. The van der Waals surface area contributed by atoms with Crippen LogP contribution in [0.2, 0.25) is 0 Å². The molecule has 0 aromatic heterocycles. The van der Waals surface area contributed by atoms with Gasteiger partial charge in [0, 0.05) is 19.5 Å². The van der Waals surface area contributed by atoms with Crippen LogP contribution in [0.25, 0.3) is 0 Å². The van der Waals surface area contributed by atoms with Gasteiger partial charge in [-0.2, -0.15) is 12.6 Å². The smallest absolute Gasteiger partial charge is 0.242 e. The van der Waals surface area contributed by atoms with Gasteiger partial charge in [-0.1, -0.05) is 6.92 Å². The topological polar surface area (TPSA) is 49.4 Å². The Bertz CT molecular complexity index is 233. The van der Waals surface area contributed by atoms with Crippen molar-refractivity contribution in [2.75, 3.05) is 18.8 Å². The van der Waals surface area contributed by atoms with E-state index in [1.807, 2.05) is 6.92 Å². The largest absolute Gasteiger partial charge is 0.353 e. The lowest BCUT2D eigenvalue weighted by molar-refractivity contribution is -0.143. The highest BCUT2D eigenvalue weighted by Crippen LogP contribution is 2.10. The molecule has 1 aliphatic heterocycles. The van der Waals surface area contributed by atoms with E-state index in [9.17, 15) is 9.59 Å². The number of amides is 2. The predicted octanol–water partition coefficient (Wildman–Crippen LogP) is 0.0433. The lowest BCUT2D eigenvalue weighted by Crippen LogP contribution is -2.56. The highest BCUT2D eigenvalue weighted by atomic mass is 32.1. The second kappa shape index (κ2) is 5.24. The summed E-state index contributed by atoms with van der Waals surface area (Å²) in [5, 5.41) is 2.76. The molecule has 0 aromatic rings.